The van der Waals surface area contributed by atoms with Crippen LogP contribution in [-0.4, -0.2) is 32.0 Å². The maximum absolute atomic E-state index is 13.4. The number of aryl methyl sites for hydroxylation is 1. The van der Waals surface area contributed by atoms with Crippen molar-refractivity contribution < 1.29 is 9.59 Å². The summed E-state index contributed by atoms with van der Waals surface area (Å²) in [5, 5.41) is 2.99. The average molecular weight is 518 g/mol. The summed E-state index contributed by atoms with van der Waals surface area (Å²) in [7, 11) is 1.82. The lowest BCUT2D eigenvalue weighted by molar-refractivity contribution is 0.0991. The van der Waals surface area contributed by atoms with Gasteiger partial charge in [0.1, 0.15) is 0 Å². The SMILES string of the molecule is Cc1ccc(-c2ccccc2C(=O)Nc2ccc(C(=O)N(C)c3ccccc3N3CCC(C)CC3)cc2)cc1. The Hall–Kier alpha value is -4.38. The standard InChI is InChI=1S/C34H35N3O2/c1-24-12-14-26(15-13-24)29-8-4-5-9-30(29)33(38)35-28-18-16-27(17-19-28)34(39)36(3)31-10-6-7-11-32(31)37-22-20-25(2)21-23-37/h4-19,25H,20-23H2,1-3H3,(H,35,38). The predicted octanol–water partition coefficient (Wildman–Crippen LogP) is 7.43. The average Bonchev–Trinajstić information content (AvgIpc) is 2.97. The van der Waals surface area contributed by atoms with E-state index >= 15 is 0 Å². The molecular weight excluding hydrogens is 482 g/mol. The lowest BCUT2D eigenvalue weighted by Gasteiger charge is -2.34. The number of nitrogens with one attached hydrogen (secondary N) is 1. The minimum atomic E-state index is -0.188. The quantitative estimate of drug-likeness (QED) is 0.289. The van der Waals surface area contributed by atoms with Gasteiger partial charge in [-0.2, -0.15) is 0 Å². The van der Waals surface area contributed by atoms with E-state index in [0.29, 0.717) is 16.8 Å². The Labute approximate surface area is 231 Å². The number of nitrogens with zero attached hydrogens (tertiary/aromatic N) is 2. The summed E-state index contributed by atoms with van der Waals surface area (Å²) in [6.45, 7) is 6.35. The molecule has 5 heteroatoms. The Balaban J connectivity index is 1.30. The lowest BCUT2D eigenvalue weighted by Crippen LogP contribution is -2.35. The smallest absolute Gasteiger partial charge is 0.258 e. The molecular formula is C34H35N3O2. The van der Waals surface area contributed by atoms with Crippen molar-refractivity contribution in [3.8, 4) is 11.1 Å². The van der Waals surface area contributed by atoms with Crippen LogP contribution in [0.2, 0.25) is 0 Å². The Morgan fingerprint density at radius 1 is 0.821 bits per heavy atom. The largest absolute Gasteiger partial charge is 0.370 e. The highest BCUT2D eigenvalue weighted by Crippen LogP contribution is 2.32. The first-order valence-electron chi connectivity index (χ1n) is 13.6. The fourth-order valence-electron chi connectivity index (χ4n) is 5.13. The van der Waals surface area contributed by atoms with E-state index in [0.717, 1.165) is 54.4 Å². The molecule has 0 aliphatic carbocycles. The van der Waals surface area contributed by atoms with Gasteiger partial charge >= 0.3 is 0 Å². The predicted molar refractivity (Wildman–Crippen MR) is 161 cm³/mol. The number of carbonyl (C=O) groups excluding carboxylic acids is 2. The van der Waals surface area contributed by atoms with Gasteiger partial charge in [0.25, 0.3) is 11.8 Å². The van der Waals surface area contributed by atoms with Crippen LogP contribution in [0.15, 0.2) is 97.1 Å². The fraction of sp³-hybridized carbons (Fsp3) is 0.235. The minimum Gasteiger partial charge on any atom is -0.370 e. The zero-order valence-corrected chi connectivity index (χ0v) is 22.9. The molecule has 198 valence electrons. The second-order valence-electron chi connectivity index (χ2n) is 10.5. The molecule has 4 aromatic carbocycles. The molecule has 4 aromatic rings. The van der Waals surface area contributed by atoms with Crippen molar-refractivity contribution in [1.82, 2.24) is 0 Å². The van der Waals surface area contributed by atoms with E-state index in [1.54, 1.807) is 29.2 Å². The third-order valence-electron chi connectivity index (χ3n) is 7.60. The second-order valence-corrected chi connectivity index (χ2v) is 10.5. The van der Waals surface area contributed by atoms with E-state index in [2.05, 4.69) is 23.2 Å². The monoisotopic (exact) mass is 517 g/mol. The Morgan fingerprint density at radius 3 is 2.18 bits per heavy atom. The highest BCUT2D eigenvalue weighted by molar-refractivity contribution is 6.10. The van der Waals surface area contributed by atoms with E-state index in [1.165, 1.54) is 5.56 Å². The summed E-state index contributed by atoms with van der Waals surface area (Å²) >= 11 is 0. The molecule has 1 saturated heterocycles. The summed E-state index contributed by atoms with van der Waals surface area (Å²) in [5.41, 5.74) is 6.85. The maximum atomic E-state index is 13.4. The Kier molecular flexibility index (Phi) is 7.78. The van der Waals surface area contributed by atoms with E-state index in [-0.39, 0.29) is 11.8 Å². The number of rotatable bonds is 6. The van der Waals surface area contributed by atoms with Crippen LogP contribution in [0.1, 0.15) is 46.0 Å². The lowest BCUT2D eigenvalue weighted by atomic mass is 9.98. The van der Waals surface area contributed by atoms with Gasteiger partial charge in [0.2, 0.25) is 0 Å². The van der Waals surface area contributed by atoms with E-state index < -0.39 is 0 Å². The number of hydrogen-bond acceptors (Lipinski definition) is 3. The van der Waals surface area contributed by atoms with Gasteiger partial charge in [0, 0.05) is 37.0 Å². The van der Waals surface area contributed by atoms with Gasteiger partial charge in [-0.25, -0.2) is 0 Å². The van der Waals surface area contributed by atoms with Gasteiger partial charge in [-0.15, -0.1) is 0 Å². The van der Waals surface area contributed by atoms with Crippen LogP contribution in [0.5, 0.6) is 0 Å². The summed E-state index contributed by atoms with van der Waals surface area (Å²) in [6.07, 6.45) is 2.32. The van der Waals surface area contributed by atoms with E-state index in [1.807, 2.05) is 80.7 Å². The first kappa shape index (κ1) is 26.2. The number of carbonyl (C=O) groups is 2. The first-order chi connectivity index (χ1) is 18.9. The Bertz CT molecular complexity index is 1450. The molecule has 5 nitrogen and oxygen atoms in total. The van der Waals surface area contributed by atoms with Gasteiger partial charge in [0.15, 0.2) is 0 Å². The third kappa shape index (κ3) is 5.88. The molecule has 0 unspecified atom stereocenters. The van der Waals surface area contributed by atoms with Gasteiger partial charge in [-0.3, -0.25) is 9.59 Å². The van der Waals surface area contributed by atoms with Crippen molar-refractivity contribution in [2.75, 3.05) is 35.3 Å². The minimum absolute atomic E-state index is 0.0876. The zero-order chi connectivity index (χ0) is 27.4. The molecule has 1 fully saturated rings. The molecule has 0 bridgehead atoms. The van der Waals surface area contributed by atoms with Crippen molar-refractivity contribution in [1.29, 1.82) is 0 Å². The maximum Gasteiger partial charge on any atom is 0.258 e. The molecule has 0 saturated carbocycles. The van der Waals surface area contributed by atoms with Gasteiger partial charge in [0.05, 0.1) is 11.4 Å². The van der Waals surface area contributed by atoms with Crippen molar-refractivity contribution in [3.05, 3.63) is 114 Å². The van der Waals surface area contributed by atoms with Crippen LogP contribution in [0.4, 0.5) is 17.1 Å². The molecule has 5 rings (SSSR count). The van der Waals surface area contributed by atoms with Gasteiger partial charge < -0.3 is 15.1 Å². The van der Waals surface area contributed by atoms with E-state index in [9.17, 15) is 9.59 Å². The molecule has 1 N–H and O–H groups in total. The highest BCUT2D eigenvalue weighted by atomic mass is 16.2. The molecule has 2 amide bonds. The topological polar surface area (TPSA) is 52.7 Å². The van der Waals surface area contributed by atoms with Crippen molar-refractivity contribution >= 4 is 28.9 Å². The second kappa shape index (κ2) is 11.6. The molecule has 0 radical (unpaired) electrons. The number of amides is 2. The Morgan fingerprint density at radius 2 is 1.46 bits per heavy atom. The van der Waals surface area contributed by atoms with Gasteiger partial charge in [-0.05, 0) is 79.3 Å². The molecule has 1 aliphatic rings. The molecule has 0 spiro atoms. The number of para-hydroxylation sites is 2. The number of piperidine rings is 1. The fourth-order valence-corrected chi connectivity index (χ4v) is 5.13. The van der Waals surface area contributed by atoms with Crippen LogP contribution >= 0.6 is 0 Å². The number of hydrogen-bond donors (Lipinski definition) is 1. The van der Waals surface area contributed by atoms with Crippen LogP contribution in [0.3, 0.4) is 0 Å². The van der Waals surface area contributed by atoms with Crippen molar-refractivity contribution in [2.24, 2.45) is 5.92 Å². The third-order valence-corrected chi connectivity index (χ3v) is 7.60. The molecule has 1 heterocycles. The molecule has 39 heavy (non-hydrogen) atoms. The summed E-state index contributed by atoms with van der Waals surface area (Å²) in [4.78, 5) is 30.7. The summed E-state index contributed by atoms with van der Waals surface area (Å²) in [5.74, 6) is 0.463. The number of benzene rings is 4. The summed E-state index contributed by atoms with van der Waals surface area (Å²) in [6, 6.07) is 31.0. The summed E-state index contributed by atoms with van der Waals surface area (Å²) < 4.78 is 0. The van der Waals surface area contributed by atoms with Crippen LogP contribution in [-0.2, 0) is 0 Å². The zero-order valence-electron chi connectivity index (χ0n) is 22.9. The molecule has 0 atom stereocenters. The normalized spacial score (nSPS) is 13.7. The molecule has 0 aromatic heterocycles. The van der Waals surface area contributed by atoms with Crippen molar-refractivity contribution in [3.63, 3.8) is 0 Å². The van der Waals surface area contributed by atoms with E-state index in [4.69, 9.17) is 0 Å². The number of anilines is 3. The first-order valence-corrected chi connectivity index (χ1v) is 13.6. The van der Waals surface area contributed by atoms with Gasteiger partial charge in [-0.1, -0.05) is 67.1 Å². The van der Waals surface area contributed by atoms with Crippen molar-refractivity contribution in [2.45, 2.75) is 26.7 Å². The van der Waals surface area contributed by atoms with Crippen LogP contribution in [0, 0.1) is 12.8 Å². The van der Waals surface area contributed by atoms with Crippen LogP contribution < -0.4 is 15.1 Å². The highest BCUT2D eigenvalue weighted by Gasteiger charge is 2.22. The van der Waals surface area contributed by atoms with Crippen LogP contribution in [0.25, 0.3) is 11.1 Å². The molecule has 1 aliphatic heterocycles.